The van der Waals surface area contributed by atoms with Gasteiger partial charge in [-0.3, -0.25) is 0 Å². The summed E-state index contributed by atoms with van der Waals surface area (Å²) < 4.78 is 13.7. The Bertz CT molecular complexity index is 354. The van der Waals surface area contributed by atoms with Crippen molar-refractivity contribution in [2.75, 3.05) is 6.54 Å². The summed E-state index contributed by atoms with van der Waals surface area (Å²) in [5, 5.41) is 3.49. The summed E-state index contributed by atoms with van der Waals surface area (Å²) in [6.45, 7) is 7.66. The van der Waals surface area contributed by atoms with Gasteiger partial charge in [0.25, 0.3) is 0 Å². The molecule has 0 aliphatic rings. The van der Waals surface area contributed by atoms with Crippen molar-refractivity contribution in [3.8, 4) is 0 Å². The zero-order valence-corrected chi connectivity index (χ0v) is 12.3. The summed E-state index contributed by atoms with van der Waals surface area (Å²) >= 11 is 3.22. The van der Waals surface area contributed by atoms with E-state index in [9.17, 15) is 4.39 Å². The van der Waals surface area contributed by atoms with Gasteiger partial charge in [-0.25, -0.2) is 4.39 Å². The molecule has 0 saturated heterocycles. The van der Waals surface area contributed by atoms with Gasteiger partial charge >= 0.3 is 0 Å². The number of rotatable bonds is 6. The molecule has 3 heteroatoms. The Morgan fingerprint density at radius 3 is 2.65 bits per heavy atom. The molecule has 1 rings (SSSR count). The van der Waals surface area contributed by atoms with Gasteiger partial charge in [0.05, 0.1) is 4.47 Å². The maximum Gasteiger partial charge on any atom is 0.137 e. The molecular weight excluding hydrogens is 281 g/mol. The lowest BCUT2D eigenvalue weighted by Crippen LogP contribution is -2.33. The van der Waals surface area contributed by atoms with Crippen molar-refractivity contribution in [2.24, 2.45) is 5.92 Å². The first-order valence-corrected chi connectivity index (χ1v) is 7.01. The van der Waals surface area contributed by atoms with Gasteiger partial charge in [0.2, 0.25) is 0 Å². The van der Waals surface area contributed by atoms with Crippen LogP contribution in [0.1, 0.15) is 32.8 Å². The zero-order valence-electron chi connectivity index (χ0n) is 10.8. The van der Waals surface area contributed by atoms with Crippen LogP contribution in [0.4, 0.5) is 4.39 Å². The maximum absolute atomic E-state index is 13.1. The van der Waals surface area contributed by atoms with E-state index >= 15 is 0 Å². The molecule has 0 spiro atoms. The fraction of sp³-hybridized carbons (Fsp3) is 0.571. The average molecular weight is 302 g/mol. The third-order valence-corrected chi connectivity index (χ3v) is 3.72. The Hall–Kier alpha value is -0.410. The van der Waals surface area contributed by atoms with Crippen LogP contribution in [0.15, 0.2) is 22.7 Å². The number of benzene rings is 1. The minimum atomic E-state index is -0.196. The SMILES string of the molecule is CCCNC(C)C(C)Cc1ccc(F)c(Br)c1. The van der Waals surface area contributed by atoms with Crippen molar-refractivity contribution < 1.29 is 4.39 Å². The van der Waals surface area contributed by atoms with Gasteiger partial charge in [-0.2, -0.15) is 0 Å². The normalized spacial score (nSPS) is 14.6. The molecule has 96 valence electrons. The van der Waals surface area contributed by atoms with Crippen molar-refractivity contribution >= 4 is 15.9 Å². The third-order valence-electron chi connectivity index (χ3n) is 3.11. The molecule has 1 N–H and O–H groups in total. The Morgan fingerprint density at radius 1 is 1.35 bits per heavy atom. The molecule has 0 aromatic heterocycles. The van der Waals surface area contributed by atoms with Crippen molar-refractivity contribution in [1.82, 2.24) is 5.32 Å². The second-order valence-corrected chi connectivity index (χ2v) is 5.53. The number of halogens is 2. The fourth-order valence-electron chi connectivity index (χ4n) is 1.79. The molecule has 0 aliphatic carbocycles. The van der Waals surface area contributed by atoms with Crippen molar-refractivity contribution in [1.29, 1.82) is 0 Å². The van der Waals surface area contributed by atoms with Crippen LogP contribution in [0, 0.1) is 11.7 Å². The van der Waals surface area contributed by atoms with E-state index < -0.39 is 0 Å². The number of hydrogen-bond acceptors (Lipinski definition) is 1. The molecule has 2 unspecified atom stereocenters. The van der Waals surface area contributed by atoms with Crippen molar-refractivity contribution in [3.63, 3.8) is 0 Å². The standard InChI is InChI=1S/C14H21BrFN/c1-4-7-17-11(3)10(2)8-12-5-6-14(16)13(15)9-12/h5-6,9-11,17H,4,7-8H2,1-3H3. The van der Waals surface area contributed by atoms with Crippen LogP contribution in [0.5, 0.6) is 0 Å². The molecule has 2 atom stereocenters. The van der Waals surface area contributed by atoms with E-state index in [2.05, 4.69) is 42.0 Å². The summed E-state index contributed by atoms with van der Waals surface area (Å²) in [7, 11) is 0. The van der Waals surface area contributed by atoms with Crippen LogP contribution in [0.3, 0.4) is 0 Å². The van der Waals surface area contributed by atoms with E-state index in [1.807, 2.05) is 12.1 Å². The first-order valence-electron chi connectivity index (χ1n) is 6.22. The summed E-state index contributed by atoms with van der Waals surface area (Å²) in [4.78, 5) is 0. The smallest absolute Gasteiger partial charge is 0.137 e. The summed E-state index contributed by atoms with van der Waals surface area (Å²) in [5.74, 6) is 0.345. The van der Waals surface area contributed by atoms with Gasteiger partial charge in [-0.1, -0.05) is 19.9 Å². The topological polar surface area (TPSA) is 12.0 Å². The summed E-state index contributed by atoms with van der Waals surface area (Å²) in [6.07, 6.45) is 2.12. The third kappa shape index (κ3) is 4.76. The number of hydrogen-bond donors (Lipinski definition) is 1. The summed E-state index contributed by atoms with van der Waals surface area (Å²) in [5.41, 5.74) is 1.18. The van der Waals surface area contributed by atoms with Crippen LogP contribution in [0.25, 0.3) is 0 Å². The molecule has 0 radical (unpaired) electrons. The molecule has 17 heavy (non-hydrogen) atoms. The fourth-order valence-corrected chi connectivity index (χ4v) is 2.21. The Morgan fingerprint density at radius 2 is 2.06 bits per heavy atom. The lowest BCUT2D eigenvalue weighted by atomic mass is 9.95. The van der Waals surface area contributed by atoms with Crippen molar-refractivity contribution in [3.05, 3.63) is 34.1 Å². The van der Waals surface area contributed by atoms with Crippen LogP contribution in [0.2, 0.25) is 0 Å². The molecule has 0 aliphatic heterocycles. The van der Waals surface area contributed by atoms with Crippen LogP contribution >= 0.6 is 15.9 Å². The Balaban J connectivity index is 2.55. The molecular formula is C14H21BrFN. The van der Waals surface area contributed by atoms with Gasteiger partial charge in [0.15, 0.2) is 0 Å². The minimum Gasteiger partial charge on any atom is -0.314 e. The average Bonchev–Trinajstić information content (AvgIpc) is 2.30. The molecule has 0 fully saturated rings. The first-order chi connectivity index (χ1) is 8.04. The lowest BCUT2D eigenvalue weighted by Gasteiger charge is -2.21. The minimum absolute atomic E-state index is 0.196. The monoisotopic (exact) mass is 301 g/mol. The predicted octanol–water partition coefficient (Wildman–Crippen LogP) is 4.15. The second kappa shape index (κ2) is 7.12. The Kier molecular flexibility index (Phi) is 6.14. The molecule has 0 amide bonds. The summed E-state index contributed by atoms with van der Waals surface area (Å²) in [6, 6.07) is 5.75. The molecule has 1 nitrogen and oxygen atoms in total. The van der Waals surface area contributed by atoms with E-state index in [0.29, 0.717) is 16.4 Å². The predicted molar refractivity (Wildman–Crippen MR) is 74.7 cm³/mol. The highest BCUT2D eigenvalue weighted by Gasteiger charge is 2.12. The Labute approximate surface area is 112 Å². The van der Waals surface area contributed by atoms with E-state index in [0.717, 1.165) is 19.4 Å². The van der Waals surface area contributed by atoms with Crippen molar-refractivity contribution in [2.45, 2.75) is 39.7 Å². The van der Waals surface area contributed by atoms with Gasteiger partial charge in [-0.05, 0) is 65.9 Å². The van der Waals surface area contributed by atoms with E-state index in [4.69, 9.17) is 0 Å². The quantitative estimate of drug-likeness (QED) is 0.832. The van der Waals surface area contributed by atoms with Crippen LogP contribution in [-0.4, -0.2) is 12.6 Å². The molecule has 1 aromatic rings. The highest BCUT2D eigenvalue weighted by molar-refractivity contribution is 9.10. The van der Waals surface area contributed by atoms with E-state index in [-0.39, 0.29) is 5.82 Å². The number of nitrogens with one attached hydrogen (secondary N) is 1. The van der Waals surface area contributed by atoms with Gasteiger partial charge in [0, 0.05) is 6.04 Å². The lowest BCUT2D eigenvalue weighted by molar-refractivity contribution is 0.399. The van der Waals surface area contributed by atoms with Crippen LogP contribution < -0.4 is 5.32 Å². The largest absolute Gasteiger partial charge is 0.314 e. The van der Waals surface area contributed by atoms with Crippen LogP contribution in [-0.2, 0) is 6.42 Å². The zero-order chi connectivity index (χ0) is 12.8. The highest BCUT2D eigenvalue weighted by atomic mass is 79.9. The second-order valence-electron chi connectivity index (χ2n) is 4.67. The van der Waals surface area contributed by atoms with Gasteiger partial charge in [0.1, 0.15) is 5.82 Å². The molecule has 0 bridgehead atoms. The molecule has 1 aromatic carbocycles. The highest BCUT2D eigenvalue weighted by Crippen LogP contribution is 2.20. The van der Waals surface area contributed by atoms with E-state index in [1.165, 1.54) is 11.6 Å². The molecule has 0 saturated carbocycles. The van der Waals surface area contributed by atoms with Gasteiger partial charge in [-0.15, -0.1) is 0 Å². The molecule has 0 heterocycles. The maximum atomic E-state index is 13.1. The van der Waals surface area contributed by atoms with E-state index in [1.54, 1.807) is 0 Å². The first kappa shape index (κ1) is 14.7. The van der Waals surface area contributed by atoms with Gasteiger partial charge < -0.3 is 5.32 Å².